The molecule has 3 rings (SSSR count). The quantitative estimate of drug-likeness (QED) is 0.737. The van der Waals surface area contributed by atoms with E-state index in [-0.39, 0.29) is 5.91 Å². The number of nitrogens with one attached hydrogen (secondary N) is 1. The van der Waals surface area contributed by atoms with Crippen molar-refractivity contribution >= 4 is 29.0 Å². The Balaban J connectivity index is 1.79. The molecule has 1 aromatic heterocycles. The standard InChI is InChI=1S/C20H19ClN4O/c1-14-23-18(20(26)22-13-15-8-6-7-11-17(15)21)12-19(24-14)25(2)16-9-4-3-5-10-16/h3-12H,13H2,1-2H3,(H,22,26). The van der Waals surface area contributed by atoms with Crippen molar-refractivity contribution in [2.75, 3.05) is 11.9 Å². The van der Waals surface area contributed by atoms with Gasteiger partial charge in [-0.05, 0) is 30.7 Å². The van der Waals surface area contributed by atoms with Gasteiger partial charge in [0, 0.05) is 30.4 Å². The molecule has 26 heavy (non-hydrogen) atoms. The van der Waals surface area contributed by atoms with Gasteiger partial charge in [-0.2, -0.15) is 0 Å². The highest BCUT2D eigenvalue weighted by Crippen LogP contribution is 2.22. The van der Waals surface area contributed by atoms with Crippen LogP contribution in [0.25, 0.3) is 0 Å². The predicted molar refractivity (Wildman–Crippen MR) is 104 cm³/mol. The Morgan fingerprint density at radius 3 is 2.50 bits per heavy atom. The minimum atomic E-state index is -0.266. The van der Waals surface area contributed by atoms with E-state index in [9.17, 15) is 4.79 Å². The minimum absolute atomic E-state index is 0.266. The van der Waals surface area contributed by atoms with Crippen molar-refractivity contribution in [3.63, 3.8) is 0 Å². The number of rotatable bonds is 5. The number of carbonyl (C=O) groups is 1. The van der Waals surface area contributed by atoms with Gasteiger partial charge in [-0.1, -0.05) is 48.0 Å². The van der Waals surface area contributed by atoms with E-state index < -0.39 is 0 Å². The van der Waals surface area contributed by atoms with E-state index >= 15 is 0 Å². The van der Waals surface area contributed by atoms with Gasteiger partial charge in [0.2, 0.25) is 0 Å². The number of para-hydroxylation sites is 1. The van der Waals surface area contributed by atoms with E-state index in [1.54, 1.807) is 19.1 Å². The molecule has 132 valence electrons. The summed E-state index contributed by atoms with van der Waals surface area (Å²) in [7, 11) is 1.91. The molecule has 0 bridgehead atoms. The third kappa shape index (κ3) is 4.18. The third-order valence-corrected chi connectivity index (χ3v) is 4.31. The zero-order valence-electron chi connectivity index (χ0n) is 14.6. The second-order valence-corrected chi connectivity index (χ2v) is 6.23. The first-order valence-corrected chi connectivity index (χ1v) is 8.58. The highest BCUT2D eigenvalue weighted by molar-refractivity contribution is 6.31. The highest BCUT2D eigenvalue weighted by atomic mass is 35.5. The van der Waals surface area contributed by atoms with Gasteiger partial charge in [0.25, 0.3) is 5.91 Å². The molecule has 0 radical (unpaired) electrons. The van der Waals surface area contributed by atoms with E-state index in [1.807, 2.05) is 60.5 Å². The van der Waals surface area contributed by atoms with Crippen LogP contribution in [0.5, 0.6) is 0 Å². The second-order valence-electron chi connectivity index (χ2n) is 5.83. The zero-order valence-corrected chi connectivity index (χ0v) is 15.4. The van der Waals surface area contributed by atoms with Gasteiger partial charge in [-0.15, -0.1) is 0 Å². The molecule has 5 nitrogen and oxygen atoms in total. The summed E-state index contributed by atoms with van der Waals surface area (Å²) in [6.07, 6.45) is 0. The van der Waals surface area contributed by atoms with E-state index in [0.717, 1.165) is 11.3 Å². The number of nitrogens with zero attached hydrogens (tertiary/aromatic N) is 3. The fourth-order valence-electron chi connectivity index (χ4n) is 2.53. The molecule has 1 N–H and O–H groups in total. The van der Waals surface area contributed by atoms with Crippen molar-refractivity contribution in [3.05, 3.63) is 82.8 Å². The molecular formula is C20H19ClN4O. The first-order valence-electron chi connectivity index (χ1n) is 8.20. The Bertz CT molecular complexity index is 915. The topological polar surface area (TPSA) is 58.1 Å². The van der Waals surface area contributed by atoms with Crippen LogP contribution in [-0.2, 0) is 6.54 Å². The van der Waals surface area contributed by atoms with Gasteiger partial charge < -0.3 is 10.2 Å². The molecule has 1 heterocycles. The van der Waals surface area contributed by atoms with Crippen molar-refractivity contribution in [2.24, 2.45) is 0 Å². The summed E-state index contributed by atoms with van der Waals surface area (Å²) in [6, 6.07) is 18.9. The number of aromatic nitrogens is 2. The third-order valence-electron chi connectivity index (χ3n) is 3.94. The average Bonchev–Trinajstić information content (AvgIpc) is 2.66. The van der Waals surface area contributed by atoms with Gasteiger partial charge in [0.15, 0.2) is 0 Å². The van der Waals surface area contributed by atoms with Gasteiger partial charge in [0.05, 0.1) is 0 Å². The van der Waals surface area contributed by atoms with Crippen LogP contribution in [0.4, 0.5) is 11.5 Å². The summed E-state index contributed by atoms with van der Waals surface area (Å²) in [6.45, 7) is 2.11. The summed E-state index contributed by atoms with van der Waals surface area (Å²) < 4.78 is 0. The van der Waals surface area contributed by atoms with E-state index in [1.165, 1.54) is 0 Å². The lowest BCUT2D eigenvalue weighted by Crippen LogP contribution is -2.25. The lowest BCUT2D eigenvalue weighted by atomic mass is 10.2. The molecule has 2 aromatic carbocycles. The first-order chi connectivity index (χ1) is 12.5. The first kappa shape index (κ1) is 17.9. The van der Waals surface area contributed by atoms with Crippen molar-refractivity contribution in [2.45, 2.75) is 13.5 Å². The summed E-state index contributed by atoms with van der Waals surface area (Å²) >= 11 is 6.13. The number of carbonyl (C=O) groups excluding carboxylic acids is 1. The number of anilines is 2. The van der Waals surface area contributed by atoms with Gasteiger partial charge in [-0.25, -0.2) is 9.97 Å². The van der Waals surface area contributed by atoms with E-state index in [4.69, 9.17) is 11.6 Å². The normalized spacial score (nSPS) is 10.4. The van der Waals surface area contributed by atoms with E-state index in [2.05, 4.69) is 15.3 Å². The fraction of sp³-hybridized carbons (Fsp3) is 0.150. The lowest BCUT2D eigenvalue weighted by molar-refractivity contribution is 0.0945. The lowest BCUT2D eigenvalue weighted by Gasteiger charge is -2.19. The molecule has 0 unspecified atom stereocenters. The number of hydrogen-bond acceptors (Lipinski definition) is 4. The molecule has 0 aliphatic carbocycles. The van der Waals surface area contributed by atoms with Crippen LogP contribution in [-0.4, -0.2) is 22.9 Å². The molecule has 0 spiro atoms. The molecule has 1 amide bonds. The van der Waals surface area contributed by atoms with Crippen LogP contribution in [0.2, 0.25) is 5.02 Å². The van der Waals surface area contributed by atoms with Crippen LogP contribution in [0.1, 0.15) is 21.9 Å². The Labute approximate surface area is 157 Å². The van der Waals surface area contributed by atoms with Gasteiger partial charge >= 0.3 is 0 Å². The SMILES string of the molecule is Cc1nc(C(=O)NCc2ccccc2Cl)cc(N(C)c2ccccc2)n1. The predicted octanol–water partition coefficient (Wildman–Crippen LogP) is 4.14. The molecule has 3 aromatic rings. The summed E-state index contributed by atoms with van der Waals surface area (Å²) in [5, 5.41) is 3.48. The van der Waals surface area contributed by atoms with Crippen molar-refractivity contribution in [1.82, 2.24) is 15.3 Å². The Morgan fingerprint density at radius 2 is 1.77 bits per heavy atom. The molecule has 0 fully saturated rings. The van der Waals surface area contributed by atoms with Crippen molar-refractivity contribution < 1.29 is 4.79 Å². The van der Waals surface area contributed by atoms with Gasteiger partial charge in [0.1, 0.15) is 17.3 Å². The number of aryl methyl sites for hydroxylation is 1. The van der Waals surface area contributed by atoms with Crippen LogP contribution in [0.15, 0.2) is 60.7 Å². The summed E-state index contributed by atoms with van der Waals surface area (Å²) in [5.41, 5.74) is 2.16. The molecule has 0 aliphatic heterocycles. The Hall–Kier alpha value is -2.92. The maximum absolute atomic E-state index is 12.5. The van der Waals surface area contributed by atoms with Gasteiger partial charge in [-0.3, -0.25) is 4.79 Å². The Kier molecular flexibility index (Phi) is 5.49. The molecule has 0 aliphatic rings. The van der Waals surface area contributed by atoms with Crippen molar-refractivity contribution in [1.29, 1.82) is 0 Å². The number of benzene rings is 2. The van der Waals surface area contributed by atoms with E-state index in [0.29, 0.717) is 28.9 Å². The number of halogens is 1. The minimum Gasteiger partial charge on any atom is -0.347 e. The van der Waals surface area contributed by atoms with Crippen LogP contribution in [0.3, 0.4) is 0 Å². The maximum atomic E-state index is 12.5. The zero-order chi connectivity index (χ0) is 18.5. The average molecular weight is 367 g/mol. The summed E-state index contributed by atoms with van der Waals surface area (Å²) in [5.74, 6) is 0.929. The van der Waals surface area contributed by atoms with Crippen LogP contribution in [0, 0.1) is 6.92 Å². The molecule has 6 heteroatoms. The fourth-order valence-corrected chi connectivity index (χ4v) is 2.73. The monoisotopic (exact) mass is 366 g/mol. The number of amides is 1. The highest BCUT2D eigenvalue weighted by Gasteiger charge is 2.14. The molecule has 0 saturated heterocycles. The van der Waals surface area contributed by atoms with Crippen LogP contribution < -0.4 is 10.2 Å². The molecule has 0 atom stereocenters. The molecular weight excluding hydrogens is 348 g/mol. The maximum Gasteiger partial charge on any atom is 0.270 e. The van der Waals surface area contributed by atoms with Crippen LogP contribution >= 0.6 is 11.6 Å². The largest absolute Gasteiger partial charge is 0.347 e. The van der Waals surface area contributed by atoms with Crippen molar-refractivity contribution in [3.8, 4) is 0 Å². The Morgan fingerprint density at radius 1 is 1.08 bits per heavy atom. The smallest absolute Gasteiger partial charge is 0.270 e. The summed E-state index contributed by atoms with van der Waals surface area (Å²) in [4.78, 5) is 23.1. The number of hydrogen-bond donors (Lipinski definition) is 1. The molecule has 0 saturated carbocycles. The second kappa shape index (κ2) is 7.97.